The summed E-state index contributed by atoms with van der Waals surface area (Å²) in [7, 11) is 13.1. The van der Waals surface area contributed by atoms with Crippen LogP contribution in [0.4, 0.5) is 0 Å². The van der Waals surface area contributed by atoms with Gasteiger partial charge in [0, 0.05) is 46.9 Å². The van der Waals surface area contributed by atoms with Crippen molar-refractivity contribution in [1.82, 2.24) is 20.4 Å². The molecule has 0 saturated carbocycles. The highest BCUT2D eigenvalue weighted by molar-refractivity contribution is 5.79. The van der Waals surface area contributed by atoms with E-state index in [9.17, 15) is 0 Å². The Kier molecular flexibility index (Phi) is 12.1. The maximum atomic E-state index is 5.45. The summed E-state index contributed by atoms with van der Waals surface area (Å²) in [4.78, 5) is 8.79. The summed E-state index contributed by atoms with van der Waals surface area (Å²) < 4.78 is 15.9. The van der Waals surface area contributed by atoms with Crippen LogP contribution in [-0.2, 0) is 4.74 Å². The zero-order chi connectivity index (χ0) is 21.6. The Balaban J connectivity index is 2.59. The molecule has 0 bridgehead atoms. The molecule has 0 aromatic heterocycles. The minimum absolute atomic E-state index is 0.157. The fourth-order valence-corrected chi connectivity index (χ4v) is 3.03. The number of hydrogen-bond acceptors (Lipinski definition) is 6. The molecule has 1 aromatic rings. The molecular weight excluding hydrogens is 370 g/mol. The highest BCUT2D eigenvalue weighted by atomic mass is 16.5. The summed E-state index contributed by atoms with van der Waals surface area (Å²) in [5.74, 6) is 2.26. The van der Waals surface area contributed by atoms with Gasteiger partial charge in [-0.3, -0.25) is 4.99 Å². The average molecular weight is 410 g/mol. The molecular formula is C21H39N5O3. The van der Waals surface area contributed by atoms with Gasteiger partial charge in [0.1, 0.15) is 0 Å². The maximum absolute atomic E-state index is 5.45. The van der Waals surface area contributed by atoms with Crippen LogP contribution in [0.25, 0.3) is 0 Å². The predicted molar refractivity (Wildman–Crippen MR) is 119 cm³/mol. The molecule has 0 radical (unpaired) electrons. The minimum atomic E-state index is 0.157. The molecule has 166 valence electrons. The van der Waals surface area contributed by atoms with Crippen molar-refractivity contribution >= 4 is 5.96 Å². The van der Waals surface area contributed by atoms with Crippen molar-refractivity contribution < 1.29 is 14.2 Å². The van der Waals surface area contributed by atoms with E-state index in [0.717, 1.165) is 55.7 Å². The summed E-state index contributed by atoms with van der Waals surface area (Å²) in [5, 5.41) is 6.81. The zero-order valence-corrected chi connectivity index (χ0v) is 19.1. The standard InChI is InChI=1S/C21H39N5O3/c1-22-21(23-11-13-26(4)12-8-14-27-5)24-16-18(25(2)3)17-9-10-19(28-6)20(15-17)29-7/h9-10,15,18H,8,11-14,16H2,1-7H3,(H2,22,23,24). The van der Waals surface area contributed by atoms with E-state index in [0.29, 0.717) is 6.54 Å². The van der Waals surface area contributed by atoms with Crippen molar-refractivity contribution in [3.8, 4) is 11.5 Å². The van der Waals surface area contributed by atoms with E-state index in [2.05, 4.69) is 52.6 Å². The number of likely N-dealkylation sites (N-methyl/N-ethyl adjacent to an activating group) is 2. The van der Waals surface area contributed by atoms with Crippen molar-refractivity contribution in [2.75, 3.05) is 82.3 Å². The van der Waals surface area contributed by atoms with Crippen molar-refractivity contribution in [3.63, 3.8) is 0 Å². The number of aliphatic imine (C=N–C) groups is 1. The second-order valence-electron chi connectivity index (χ2n) is 7.12. The lowest BCUT2D eigenvalue weighted by Gasteiger charge is -2.27. The van der Waals surface area contributed by atoms with E-state index >= 15 is 0 Å². The third-order valence-corrected chi connectivity index (χ3v) is 4.78. The molecule has 0 saturated heterocycles. The van der Waals surface area contributed by atoms with Crippen LogP contribution in [0.3, 0.4) is 0 Å². The number of hydrogen-bond donors (Lipinski definition) is 2. The first kappa shape index (κ1) is 25.0. The fraction of sp³-hybridized carbons (Fsp3) is 0.667. The van der Waals surface area contributed by atoms with Crippen LogP contribution in [0.5, 0.6) is 11.5 Å². The van der Waals surface area contributed by atoms with Crippen molar-refractivity contribution in [3.05, 3.63) is 23.8 Å². The van der Waals surface area contributed by atoms with E-state index in [4.69, 9.17) is 14.2 Å². The van der Waals surface area contributed by atoms with Gasteiger partial charge in [0.05, 0.1) is 20.3 Å². The number of benzene rings is 1. The Morgan fingerprint density at radius 1 is 1.03 bits per heavy atom. The molecule has 0 spiro atoms. The molecule has 1 rings (SSSR count). The van der Waals surface area contributed by atoms with Crippen molar-refractivity contribution in [2.24, 2.45) is 4.99 Å². The van der Waals surface area contributed by atoms with Crippen molar-refractivity contribution in [1.29, 1.82) is 0 Å². The molecule has 0 aliphatic rings. The molecule has 0 aliphatic heterocycles. The summed E-state index contributed by atoms with van der Waals surface area (Å²) in [5.41, 5.74) is 1.15. The molecule has 0 aliphatic carbocycles. The number of rotatable bonds is 13. The number of methoxy groups -OCH3 is 3. The monoisotopic (exact) mass is 409 g/mol. The van der Waals surface area contributed by atoms with Gasteiger partial charge in [-0.05, 0) is 45.3 Å². The average Bonchev–Trinajstić information content (AvgIpc) is 2.72. The van der Waals surface area contributed by atoms with Gasteiger partial charge >= 0.3 is 0 Å². The Morgan fingerprint density at radius 2 is 1.76 bits per heavy atom. The molecule has 0 fully saturated rings. The molecule has 2 N–H and O–H groups in total. The van der Waals surface area contributed by atoms with Crippen molar-refractivity contribution in [2.45, 2.75) is 12.5 Å². The van der Waals surface area contributed by atoms with Gasteiger partial charge in [-0.2, -0.15) is 0 Å². The summed E-state index contributed by atoms with van der Waals surface area (Å²) in [6, 6.07) is 6.19. The van der Waals surface area contributed by atoms with E-state index in [1.165, 1.54) is 0 Å². The summed E-state index contributed by atoms with van der Waals surface area (Å²) in [6.07, 6.45) is 1.04. The van der Waals surface area contributed by atoms with Crippen LogP contribution in [0.15, 0.2) is 23.2 Å². The molecule has 0 amide bonds. The van der Waals surface area contributed by atoms with Gasteiger partial charge in [0.15, 0.2) is 17.5 Å². The quantitative estimate of drug-likeness (QED) is 0.290. The molecule has 1 unspecified atom stereocenters. The minimum Gasteiger partial charge on any atom is -0.493 e. The number of nitrogens with zero attached hydrogens (tertiary/aromatic N) is 3. The second kappa shape index (κ2) is 14.0. The number of ether oxygens (including phenoxy) is 3. The lowest BCUT2D eigenvalue weighted by molar-refractivity contribution is 0.180. The molecule has 1 aromatic carbocycles. The van der Waals surface area contributed by atoms with Crippen LogP contribution in [-0.4, -0.2) is 98.1 Å². The molecule has 1 atom stereocenters. The normalized spacial score (nSPS) is 12.9. The first-order valence-electron chi connectivity index (χ1n) is 9.97. The summed E-state index contributed by atoms with van der Waals surface area (Å²) >= 11 is 0. The first-order chi connectivity index (χ1) is 14.0. The largest absolute Gasteiger partial charge is 0.493 e. The van der Waals surface area contributed by atoms with Crippen LogP contribution in [0, 0.1) is 0 Å². The predicted octanol–water partition coefficient (Wildman–Crippen LogP) is 1.44. The highest BCUT2D eigenvalue weighted by Crippen LogP contribution is 2.31. The number of nitrogens with one attached hydrogen (secondary N) is 2. The van der Waals surface area contributed by atoms with Crippen LogP contribution >= 0.6 is 0 Å². The third-order valence-electron chi connectivity index (χ3n) is 4.78. The smallest absolute Gasteiger partial charge is 0.191 e. The van der Waals surface area contributed by atoms with E-state index in [1.54, 1.807) is 28.4 Å². The second-order valence-corrected chi connectivity index (χ2v) is 7.12. The molecule has 29 heavy (non-hydrogen) atoms. The van der Waals surface area contributed by atoms with Gasteiger partial charge in [-0.25, -0.2) is 0 Å². The fourth-order valence-electron chi connectivity index (χ4n) is 3.03. The molecule has 8 nitrogen and oxygen atoms in total. The third kappa shape index (κ3) is 8.89. The Morgan fingerprint density at radius 3 is 2.34 bits per heavy atom. The van der Waals surface area contributed by atoms with Gasteiger partial charge in [-0.1, -0.05) is 6.07 Å². The molecule has 8 heteroatoms. The van der Waals surface area contributed by atoms with E-state index in [1.807, 2.05) is 12.1 Å². The first-order valence-corrected chi connectivity index (χ1v) is 9.97. The maximum Gasteiger partial charge on any atom is 0.191 e. The van der Waals surface area contributed by atoms with Crippen LogP contribution in [0.1, 0.15) is 18.0 Å². The van der Waals surface area contributed by atoms with Gasteiger partial charge in [0.25, 0.3) is 0 Å². The van der Waals surface area contributed by atoms with Crippen LogP contribution < -0.4 is 20.1 Å². The van der Waals surface area contributed by atoms with Crippen LogP contribution in [0.2, 0.25) is 0 Å². The lowest BCUT2D eigenvalue weighted by atomic mass is 10.1. The highest BCUT2D eigenvalue weighted by Gasteiger charge is 2.17. The van der Waals surface area contributed by atoms with Gasteiger partial charge in [-0.15, -0.1) is 0 Å². The Bertz CT molecular complexity index is 610. The Hall–Kier alpha value is -2.03. The van der Waals surface area contributed by atoms with Gasteiger partial charge < -0.3 is 34.6 Å². The Labute approximate surface area is 176 Å². The van der Waals surface area contributed by atoms with Gasteiger partial charge in [0.2, 0.25) is 0 Å². The lowest BCUT2D eigenvalue weighted by Crippen LogP contribution is -2.44. The number of guanidine groups is 1. The van der Waals surface area contributed by atoms with E-state index < -0.39 is 0 Å². The zero-order valence-electron chi connectivity index (χ0n) is 19.1. The van der Waals surface area contributed by atoms with E-state index in [-0.39, 0.29) is 6.04 Å². The summed E-state index contributed by atoms with van der Waals surface area (Å²) in [6.45, 7) is 4.29. The SMILES string of the molecule is CN=C(NCCN(C)CCCOC)NCC(c1ccc(OC)c(OC)c1)N(C)C. The molecule has 0 heterocycles. The topological polar surface area (TPSA) is 70.6 Å².